The van der Waals surface area contributed by atoms with Gasteiger partial charge in [0.25, 0.3) is 0 Å². The second-order valence-corrected chi connectivity index (χ2v) is 3.93. The van der Waals surface area contributed by atoms with E-state index in [1.54, 1.807) is 6.08 Å². The van der Waals surface area contributed by atoms with E-state index in [1.807, 2.05) is 17.0 Å². The van der Waals surface area contributed by atoms with Crippen LogP contribution in [0.5, 0.6) is 0 Å². The number of hydrogen-bond donors (Lipinski definition) is 1. The average Bonchev–Trinajstić information content (AvgIpc) is 2.69. The topological polar surface area (TPSA) is 40.5 Å². The van der Waals surface area contributed by atoms with Gasteiger partial charge in [0.05, 0.1) is 0 Å². The molecule has 2 aliphatic rings. The van der Waals surface area contributed by atoms with Crippen molar-refractivity contribution in [2.24, 2.45) is 0 Å². The molecule has 3 heteroatoms. The highest BCUT2D eigenvalue weighted by Crippen LogP contribution is 2.38. The summed E-state index contributed by atoms with van der Waals surface area (Å²) in [5.74, 6) is 0. The van der Waals surface area contributed by atoms with Crippen LogP contribution in [0.4, 0.5) is 5.69 Å². The number of benzene rings is 1. The number of rotatable bonds is 1. The van der Waals surface area contributed by atoms with E-state index in [9.17, 15) is 9.90 Å². The Morgan fingerprint density at radius 2 is 2.33 bits per heavy atom. The third-order valence-electron chi connectivity index (χ3n) is 3.11. The number of aldehydes is 1. The fourth-order valence-corrected chi connectivity index (χ4v) is 2.41. The average molecular weight is 201 g/mol. The van der Waals surface area contributed by atoms with Gasteiger partial charge in [0.1, 0.15) is 0 Å². The largest absolute Gasteiger partial charge is 0.369 e. The van der Waals surface area contributed by atoms with Gasteiger partial charge in [-0.25, -0.2) is 0 Å². The molecule has 3 nitrogen and oxygen atoms in total. The van der Waals surface area contributed by atoms with Crippen LogP contribution in [0.3, 0.4) is 0 Å². The Balaban J connectivity index is 2.24. The SMILES string of the molecule is O=CC1=Cc2cccc3c2N(CC3)C1O. The number of hydrogen-bond acceptors (Lipinski definition) is 3. The third-order valence-corrected chi connectivity index (χ3v) is 3.11. The maximum atomic E-state index is 10.8. The predicted octanol–water partition coefficient (Wildman–Crippen LogP) is 0.963. The molecular formula is C12H11NO2. The Labute approximate surface area is 87.6 Å². The second-order valence-electron chi connectivity index (χ2n) is 3.93. The van der Waals surface area contributed by atoms with Crippen LogP contribution in [0.25, 0.3) is 6.08 Å². The number of nitrogens with zero attached hydrogens (tertiary/aromatic N) is 1. The van der Waals surface area contributed by atoms with Crippen LogP contribution < -0.4 is 4.90 Å². The van der Waals surface area contributed by atoms with Crippen molar-refractivity contribution in [3.05, 3.63) is 34.9 Å². The first-order valence-electron chi connectivity index (χ1n) is 5.04. The van der Waals surface area contributed by atoms with Crippen molar-refractivity contribution in [3.8, 4) is 0 Å². The summed E-state index contributed by atoms with van der Waals surface area (Å²) in [6, 6.07) is 6.05. The van der Waals surface area contributed by atoms with E-state index in [4.69, 9.17) is 0 Å². The van der Waals surface area contributed by atoms with E-state index < -0.39 is 6.23 Å². The quantitative estimate of drug-likeness (QED) is 0.688. The first-order chi connectivity index (χ1) is 7.31. The zero-order chi connectivity index (χ0) is 10.4. The Hall–Kier alpha value is -1.61. The molecule has 1 unspecified atom stereocenters. The van der Waals surface area contributed by atoms with Crippen LogP contribution in [-0.2, 0) is 11.2 Å². The smallest absolute Gasteiger partial charge is 0.156 e. The molecule has 0 radical (unpaired) electrons. The lowest BCUT2D eigenvalue weighted by atomic mass is 10.0. The van der Waals surface area contributed by atoms with Crippen LogP contribution in [0.15, 0.2) is 23.8 Å². The van der Waals surface area contributed by atoms with E-state index in [2.05, 4.69) is 6.07 Å². The fourth-order valence-electron chi connectivity index (χ4n) is 2.41. The minimum absolute atomic E-state index is 0.446. The maximum Gasteiger partial charge on any atom is 0.156 e. The van der Waals surface area contributed by atoms with Crippen molar-refractivity contribution >= 4 is 18.0 Å². The summed E-state index contributed by atoms with van der Waals surface area (Å²) >= 11 is 0. The zero-order valence-electron chi connectivity index (χ0n) is 8.18. The van der Waals surface area contributed by atoms with Crippen molar-refractivity contribution in [1.29, 1.82) is 0 Å². The number of anilines is 1. The van der Waals surface area contributed by atoms with E-state index in [0.29, 0.717) is 5.57 Å². The van der Waals surface area contributed by atoms with E-state index in [0.717, 1.165) is 30.5 Å². The molecule has 2 heterocycles. The summed E-state index contributed by atoms with van der Waals surface area (Å²) in [6.07, 6.45) is 2.69. The molecule has 1 atom stereocenters. The van der Waals surface area contributed by atoms with Gasteiger partial charge in [-0.2, -0.15) is 0 Å². The number of para-hydroxylation sites is 1. The summed E-state index contributed by atoms with van der Waals surface area (Å²) in [4.78, 5) is 12.7. The highest BCUT2D eigenvalue weighted by molar-refractivity contribution is 5.90. The zero-order valence-corrected chi connectivity index (χ0v) is 8.18. The maximum absolute atomic E-state index is 10.8. The Morgan fingerprint density at radius 1 is 1.47 bits per heavy atom. The van der Waals surface area contributed by atoms with Crippen molar-refractivity contribution in [1.82, 2.24) is 0 Å². The molecule has 2 aliphatic heterocycles. The van der Waals surface area contributed by atoms with E-state index >= 15 is 0 Å². The van der Waals surface area contributed by atoms with Crippen molar-refractivity contribution in [2.75, 3.05) is 11.4 Å². The molecule has 3 rings (SSSR count). The second kappa shape index (κ2) is 2.94. The molecule has 1 aromatic rings. The van der Waals surface area contributed by atoms with Crippen LogP contribution in [0.2, 0.25) is 0 Å². The van der Waals surface area contributed by atoms with Gasteiger partial charge in [0.15, 0.2) is 12.5 Å². The van der Waals surface area contributed by atoms with Gasteiger partial charge in [0.2, 0.25) is 0 Å². The first-order valence-corrected chi connectivity index (χ1v) is 5.04. The molecule has 1 N–H and O–H groups in total. The number of carbonyl (C=O) groups excluding carboxylic acids is 1. The predicted molar refractivity (Wildman–Crippen MR) is 57.5 cm³/mol. The van der Waals surface area contributed by atoms with Crippen molar-refractivity contribution < 1.29 is 9.90 Å². The molecule has 0 amide bonds. The summed E-state index contributed by atoms with van der Waals surface area (Å²) in [5.41, 5.74) is 3.84. The minimum Gasteiger partial charge on any atom is -0.369 e. The Bertz CT molecular complexity index is 465. The molecule has 0 bridgehead atoms. The Morgan fingerprint density at radius 3 is 3.13 bits per heavy atom. The molecule has 76 valence electrons. The van der Waals surface area contributed by atoms with Gasteiger partial charge in [-0.3, -0.25) is 4.79 Å². The van der Waals surface area contributed by atoms with Gasteiger partial charge >= 0.3 is 0 Å². The lowest BCUT2D eigenvalue weighted by Crippen LogP contribution is -2.37. The lowest BCUT2D eigenvalue weighted by molar-refractivity contribution is -0.105. The van der Waals surface area contributed by atoms with Gasteiger partial charge in [-0.1, -0.05) is 18.2 Å². The molecule has 0 saturated carbocycles. The van der Waals surface area contributed by atoms with Gasteiger partial charge in [0, 0.05) is 17.8 Å². The Kier molecular flexibility index (Phi) is 1.70. The molecule has 0 aromatic heterocycles. The summed E-state index contributed by atoms with van der Waals surface area (Å²) < 4.78 is 0. The molecule has 0 fully saturated rings. The standard InChI is InChI=1S/C12H11NO2/c14-7-10-6-9-3-1-2-8-4-5-13(11(8)9)12(10)15/h1-3,6-7,12,15H,4-5H2. The third kappa shape index (κ3) is 1.07. The molecular weight excluding hydrogens is 190 g/mol. The minimum atomic E-state index is -0.765. The van der Waals surface area contributed by atoms with Crippen LogP contribution in [0.1, 0.15) is 11.1 Å². The first kappa shape index (κ1) is 8.68. The highest BCUT2D eigenvalue weighted by atomic mass is 16.3. The summed E-state index contributed by atoms with van der Waals surface area (Å²) in [7, 11) is 0. The van der Waals surface area contributed by atoms with Crippen LogP contribution in [-0.4, -0.2) is 24.2 Å². The van der Waals surface area contributed by atoms with Gasteiger partial charge in [-0.15, -0.1) is 0 Å². The molecule has 15 heavy (non-hydrogen) atoms. The molecule has 0 saturated heterocycles. The molecule has 0 spiro atoms. The van der Waals surface area contributed by atoms with Crippen molar-refractivity contribution in [3.63, 3.8) is 0 Å². The van der Waals surface area contributed by atoms with Crippen LogP contribution >= 0.6 is 0 Å². The number of aliphatic hydroxyl groups excluding tert-OH is 1. The van der Waals surface area contributed by atoms with E-state index in [1.165, 1.54) is 5.56 Å². The van der Waals surface area contributed by atoms with E-state index in [-0.39, 0.29) is 0 Å². The normalized spacial score (nSPS) is 22.3. The van der Waals surface area contributed by atoms with Gasteiger partial charge in [-0.05, 0) is 23.6 Å². The summed E-state index contributed by atoms with van der Waals surface area (Å²) in [6.45, 7) is 0.790. The monoisotopic (exact) mass is 201 g/mol. The molecule has 0 aliphatic carbocycles. The number of aliphatic hydroxyl groups is 1. The van der Waals surface area contributed by atoms with Crippen LogP contribution in [0, 0.1) is 0 Å². The van der Waals surface area contributed by atoms with Crippen molar-refractivity contribution in [2.45, 2.75) is 12.6 Å². The summed E-state index contributed by atoms with van der Waals surface area (Å²) in [5, 5.41) is 9.94. The molecule has 1 aromatic carbocycles. The van der Waals surface area contributed by atoms with Gasteiger partial charge < -0.3 is 10.0 Å². The fraction of sp³-hybridized carbons (Fsp3) is 0.250. The lowest BCUT2D eigenvalue weighted by Gasteiger charge is -2.30. The highest BCUT2D eigenvalue weighted by Gasteiger charge is 2.31. The number of carbonyl (C=O) groups is 1.